The molecule has 0 radical (unpaired) electrons. The summed E-state index contributed by atoms with van der Waals surface area (Å²) in [4.78, 5) is 11.1. The average molecular weight is 246 g/mol. The zero-order valence-corrected chi connectivity index (χ0v) is 10.7. The van der Waals surface area contributed by atoms with Crippen LogP contribution in [-0.4, -0.2) is 11.5 Å². The molecule has 1 aliphatic carbocycles. The smallest absolute Gasteiger partial charge is 0.221 e. The van der Waals surface area contributed by atoms with Crippen molar-refractivity contribution in [3.05, 3.63) is 23.3 Å². The average Bonchev–Trinajstić information content (AvgIpc) is 2.95. The van der Waals surface area contributed by atoms with Gasteiger partial charge in [0.05, 0.1) is 0 Å². The van der Waals surface area contributed by atoms with E-state index in [1.807, 2.05) is 12.1 Å². The number of carbonyl (C=O) groups is 1. The minimum Gasteiger partial charge on any atom is -0.487 e. The summed E-state index contributed by atoms with van der Waals surface area (Å²) in [5.74, 6) is 0.792. The summed E-state index contributed by atoms with van der Waals surface area (Å²) in [7, 11) is 0. The van der Waals surface area contributed by atoms with Crippen LogP contribution >= 0.6 is 0 Å². The highest BCUT2D eigenvalue weighted by molar-refractivity contribution is 5.82. The van der Waals surface area contributed by atoms with Crippen LogP contribution in [0.1, 0.15) is 37.3 Å². The number of anilines is 1. The molecule has 3 rings (SSSR count). The molecule has 4 nitrogen and oxygen atoms in total. The Morgan fingerprint density at radius 3 is 2.78 bits per heavy atom. The van der Waals surface area contributed by atoms with Gasteiger partial charge in [-0.2, -0.15) is 0 Å². The summed E-state index contributed by atoms with van der Waals surface area (Å²) in [6, 6.07) is 3.98. The maximum Gasteiger partial charge on any atom is 0.221 e. The molecule has 1 heterocycles. The molecule has 0 saturated heterocycles. The third-order valence-corrected chi connectivity index (χ3v) is 3.82. The number of fused-ring (bicyclic) bond motifs is 1. The number of ether oxygens (including phenoxy) is 1. The van der Waals surface area contributed by atoms with Gasteiger partial charge < -0.3 is 16.2 Å². The lowest BCUT2D eigenvalue weighted by molar-refractivity contribution is -0.119. The maximum atomic E-state index is 11.1. The lowest BCUT2D eigenvalue weighted by atomic mass is 9.98. The summed E-state index contributed by atoms with van der Waals surface area (Å²) in [6.07, 6.45) is 1.68. The first-order chi connectivity index (χ1) is 8.37. The van der Waals surface area contributed by atoms with Crippen molar-refractivity contribution >= 4 is 11.6 Å². The van der Waals surface area contributed by atoms with Crippen molar-refractivity contribution in [1.29, 1.82) is 0 Å². The Kier molecular flexibility index (Phi) is 2.15. The van der Waals surface area contributed by atoms with Gasteiger partial charge in [-0.1, -0.05) is 0 Å². The number of hydrogen-bond acceptors (Lipinski definition) is 3. The zero-order chi connectivity index (χ0) is 13.1. The predicted molar refractivity (Wildman–Crippen MR) is 69.3 cm³/mol. The molecule has 0 aromatic heterocycles. The van der Waals surface area contributed by atoms with Gasteiger partial charge in [0, 0.05) is 23.6 Å². The van der Waals surface area contributed by atoms with E-state index in [2.05, 4.69) is 13.8 Å². The molecular weight excluding hydrogens is 228 g/mol. The van der Waals surface area contributed by atoms with Gasteiger partial charge in [-0.05, 0) is 43.9 Å². The van der Waals surface area contributed by atoms with E-state index < -0.39 is 0 Å². The van der Waals surface area contributed by atoms with Crippen LogP contribution in [0.5, 0.6) is 5.75 Å². The first kappa shape index (κ1) is 11.4. The normalized spacial score (nSPS) is 27.4. The zero-order valence-electron chi connectivity index (χ0n) is 10.7. The molecule has 1 amide bonds. The van der Waals surface area contributed by atoms with Gasteiger partial charge in [0.1, 0.15) is 11.4 Å². The molecular formula is C14H18N2O2. The molecule has 0 spiro atoms. The second-order valence-electron chi connectivity index (χ2n) is 5.98. The molecule has 2 atom stereocenters. The number of primary amides is 1. The van der Waals surface area contributed by atoms with Crippen molar-refractivity contribution in [3.63, 3.8) is 0 Å². The second kappa shape index (κ2) is 3.40. The molecule has 4 heteroatoms. The number of carbonyl (C=O) groups excluding carboxylic acids is 1. The van der Waals surface area contributed by atoms with Gasteiger partial charge in [-0.3, -0.25) is 4.79 Å². The van der Waals surface area contributed by atoms with E-state index in [0.29, 0.717) is 0 Å². The van der Waals surface area contributed by atoms with Crippen LogP contribution in [0.2, 0.25) is 0 Å². The topological polar surface area (TPSA) is 78.3 Å². The molecule has 1 saturated carbocycles. The lowest BCUT2D eigenvalue weighted by Crippen LogP contribution is -2.24. The van der Waals surface area contributed by atoms with Gasteiger partial charge >= 0.3 is 0 Å². The number of rotatable bonds is 2. The Morgan fingerprint density at radius 2 is 2.17 bits per heavy atom. The number of hydrogen-bond donors (Lipinski definition) is 2. The molecule has 18 heavy (non-hydrogen) atoms. The van der Waals surface area contributed by atoms with Crippen LogP contribution in [0.15, 0.2) is 12.1 Å². The quantitative estimate of drug-likeness (QED) is 0.777. The largest absolute Gasteiger partial charge is 0.487 e. The Morgan fingerprint density at radius 1 is 1.44 bits per heavy atom. The third-order valence-electron chi connectivity index (χ3n) is 3.82. The van der Waals surface area contributed by atoms with Gasteiger partial charge in [0.15, 0.2) is 0 Å². The number of nitrogens with two attached hydrogens (primary N) is 2. The minimum absolute atomic E-state index is 0.0558. The van der Waals surface area contributed by atoms with Crippen LogP contribution in [0.25, 0.3) is 0 Å². The van der Waals surface area contributed by atoms with Crippen molar-refractivity contribution in [2.75, 3.05) is 5.73 Å². The van der Waals surface area contributed by atoms with E-state index in [-0.39, 0.29) is 23.3 Å². The predicted octanol–water partition coefficient (Wildman–Crippen LogP) is 1.57. The van der Waals surface area contributed by atoms with Crippen LogP contribution < -0.4 is 16.2 Å². The monoisotopic (exact) mass is 246 g/mol. The van der Waals surface area contributed by atoms with Crippen molar-refractivity contribution < 1.29 is 9.53 Å². The number of benzene rings is 1. The van der Waals surface area contributed by atoms with Crippen molar-refractivity contribution in [2.45, 2.75) is 38.2 Å². The van der Waals surface area contributed by atoms with E-state index in [4.69, 9.17) is 16.2 Å². The van der Waals surface area contributed by atoms with E-state index in [1.165, 1.54) is 0 Å². The number of nitrogen functional groups attached to an aromatic ring is 1. The Bertz CT molecular complexity index is 537. The molecule has 1 aromatic rings. The van der Waals surface area contributed by atoms with Crippen LogP contribution in [0, 0.1) is 5.92 Å². The highest BCUT2D eigenvalue weighted by Gasteiger charge is 2.44. The Labute approximate surface area is 106 Å². The summed E-state index contributed by atoms with van der Waals surface area (Å²) in [6.45, 7) is 4.12. The SMILES string of the molecule is CC1(C)Cc2cc(N)c(C3C[C@H]3C(N)=O)cc2O1. The van der Waals surface area contributed by atoms with E-state index in [0.717, 1.165) is 35.4 Å². The first-order valence-corrected chi connectivity index (χ1v) is 6.28. The van der Waals surface area contributed by atoms with Crippen LogP contribution in [-0.2, 0) is 11.2 Å². The van der Waals surface area contributed by atoms with E-state index in [9.17, 15) is 4.79 Å². The Balaban J connectivity index is 1.93. The summed E-state index contributed by atoms with van der Waals surface area (Å²) in [5.41, 5.74) is 14.1. The van der Waals surface area contributed by atoms with Gasteiger partial charge in [-0.25, -0.2) is 0 Å². The second-order valence-corrected chi connectivity index (χ2v) is 5.98. The van der Waals surface area contributed by atoms with Gasteiger partial charge in [-0.15, -0.1) is 0 Å². The van der Waals surface area contributed by atoms with Gasteiger partial charge in [0.25, 0.3) is 0 Å². The Hall–Kier alpha value is -1.71. The molecule has 96 valence electrons. The fourth-order valence-electron chi connectivity index (χ4n) is 2.86. The third kappa shape index (κ3) is 1.72. The van der Waals surface area contributed by atoms with Crippen molar-refractivity contribution in [3.8, 4) is 5.75 Å². The summed E-state index contributed by atoms with van der Waals surface area (Å²) >= 11 is 0. The summed E-state index contributed by atoms with van der Waals surface area (Å²) in [5, 5.41) is 0. The molecule has 1 aromatic carbocycles. The van der Waals surface area contributed by atoms with E-state index >= 15 is 0 Å². The molecule has 4 N–H and O–H groups in total. The maximum absolute atomic E-state index is 11.1. The molecule has 1 aliphatic heterocycles. The molecule has 0 bridgehead atoms. The highest BCUT2D eigenvalue weighted by atomic mass is 16.5. The minimum atomic E-state index is -0.235. The standard InChI is InChI=1S/C14H18N2O2/c1-14(2)6-7-3-11(15)9(5-12(7)18-14)8-4-10(8)13(16)17/h3,5,8,10H,4,6,15H2,1-2H3,(H2,16,17)/t8?,10-/m1/s1. The molecule has 2 aliphatic rings. The number of amides is 1. The van der Waals surface area contributed by atoms with Crippen LogP contribution in [0.4, 0.5) is 5.69 Å². The van der Waals surface area contributed by atoms with Crippen molar-refractivity contribution in [1.82, 2.24) is 0 Å². The fraction of sp³-hybridized carbons (Fsp3) is 0.500. The van der Waals surface area contributed by atoms with Crippen molar-refractivity contribution in [2.24, 2.45) is 11.7 Å². The lowest BCUT2D eigenvalue weighted by Gasteiger charge is -2.17. The van der Waals surface area contributed by atoms with Gasteiger partial charge in [0.2, 0.25) is 5.91 Å². The highest BCUT2D eigenvalue weighted by Crippen LogP contribution is 2.51. The molecule has 1 fully saturated rings. The summed E-state index contributed by atoms with van der Waals surface area (Å²) < 4.78 is 5.89. The fourth-order valence-corrected chi connectivity index (χ4v) is 2.86. The first-order valence-electron chi connectivity index (χ1n) is 6.28. The van der Waals surface area contributed by atoms with E-state index in [1.54, 1.807) is 0 Å². The van der Waals surface area contributed by atoms with Crippen LogP contribution in [0.3, 0.4) is 0 Å². The molecule has 1 unspecified atom stereocenters.